The molecule has 3 N–H and O–H groups in total. The number of hydrogen-bond donors (Lipinski definition) is 2. The Balaban J connectivity index is 2.15. The van der Waals surface area contributed by atoms with E-state index in [9.17, 15) is 4.79 Å². The van der Waals surface area contributed by atoms with Crippen molar-refractivity contribution in [2.45, 2.75) is 13.0 Å². The summed E-state index contributed by atoms with van der Waals surface area (Å²) in [6.07, 6.45) is 0. The number of nitrogens with zero attached hydrogens (tertiary/aromatic N) is 2. The van der Waals surface area contributed by atoms with Crippen LogP contribution >= 0.6 is 0 Å². The van der Waals surface area contributed by atoms with Crippen molar-refractivity contribution in [2.24, 2.45) is 0 Å². The third-order valence-corrected chi connectivity index (χ3v) is 2.68. The van der Waals surface area contributed by atoms with Crippen LogP contribution in [0.5, 0.6) is 5.75 Å². The summed E-state index contributed by atoms with van der Waals surface area (Å²) in [7, 11) is 1.58. The van der Waals surface area contributed by atoms with Crippen LogP contribution in [-0.2, 0) is 0 Å². The summed E-state index contributed by atoms with van der Waals surface area (Å²) >= 11 is 0. The molecule has 0 aliphatic carbocycles. The third kappa shape index (κ3) is 2.65. The summed E-state index contributed by atoms with van der Waals surface area (Å²) in [6.45, 7) is 1.83. The van der Waals surface area contributed by atoms with Gasteiger partial charge in [-0.25, -0.2) is 4.63 Å². The number of carbonyl (C=O) groups excluding carboxylic acids is 1. The molecule has 1 heterocycles. The van der Waals surface area contributed by atoms with Crippen LogP contribution in [0.2, 0.25) is 0 Å². The molecule has 7 heteroatoms. The van der Waals surface area contributed by atoms with Crippen LogP contribution in [0.4, 0.5) is 5.82 Å². The van der Waals surface area contributed by atoms with Gasteiger partial charge >= 0.3 is 0 Å². The zero-order valence-corrected chi connectivity index (χ0v) is 10.6. The standard InChI is InChI=1S/C12H14N4O3/c1-7(8-5-3-4-6-9(8)18-2)14-12(17)10-11(13)16-19-15-10/h3-7H,1-2H3,(H2,13,16)(H,14,17)/t7-/m1/s1. The maximum absolute atomic E-state index is 11.9. The van der Waals surface area contributed by atoms with Crippen molar-refractivity contribution in [3.8, 4) is 5.75 Å². The lowest BCUT2D eigenvalue weighted by atomic mass is 10.1. The fraction of sp³-hybridized carbons (Fsp3) is 0.250. The Hall–Kier alpha value is -2.57. The van der Waals surface area contributed by atoms with E-state index in [1.54, 1.807) is 7.11 Å². The Morgan fingerprint density at radius 2 is 2.16 bits per heavy atom. The average molecular weight is 262 g/mol. The SMILES string of the molecule is COc1ccccc1[C@@H](C)NC(=O)c1nonc1N. The number of hydrogen-bond acceptors (Lipinski definition) is 6. The number of aromatic nitrogens is 2. The van der Waals surface area contributed by atoms with Gasteiger partial charge in [0.25, 0.3) is 5.91 Å². The number of para-hydroxylation sites is 1. The van der Waals surface area contributed by atoms with Crippen LogP contribution < -0.4 is 15.8 Å². The van der Waals surface area contributed by atoms with Gasteiger partial charge in [-0.1, -0.05) is 18.2 Å². The van der Waals surface area contributed by atoms with Crippen LogP contribution in [0.15, 0.2) is 28.9 Å². The van der Waals surface area contributed by atoms with E-state index >= 15 is 0 Å². The highest BCUT2D eigenvalue weighted by molar-refractivity contribution is 5.96. The number of amides is 1. The van der Waals surface area contributed by atoms with Gasteiger partial charge in [0.15, 0.2) is 0 Å². The van der Waals surface area contributed by atoms with Crippen LogP contribution in [0, 0.1) is 0 Å². The van der Waals surface area contributed by atoms with Crippen LogP contribution in [0.3, 0.4) is 0 Å². The number of nitrogens with two attached hydrogens (primary N) is 1. The number of ether oxygens (including phenoxy) is 1. The van der Waals surface area contributed by atoms with Gasteiger partial charge in [-0.3, -0.25) is 4.79 Å². The third-order valence-electron chi connectivity index (χ3n) is 2.68. The molecule has 1 aromatic carbocycles. The summed E-state index contributed by atoms with van der Waals surface area (Å²) in [5.41, 5.74) is 6.29. The van der Waals surface area contributed by atoms with E-state index in [0.29, 0.717) is 5.75 Å². The molecule has 2 aromatic rings. The van der Waals surface area contributed by atoms with Gasteiger partial charge in [0.1, 0.15) is 5.75 Å². The van der Waals surface area contributed by atoms with E-state index in [0.717, 1.165) is 5.56 Å². The van der Waals surface area contributed by atoms with E-state index in [1.165, 1.54) is 0 Å². The highest BCUT2D eigenvalue weighted by Gasteiger charge is 2.19. The average Bonchev–Trinajstić information content (AvgIpc) is 2.85. The van der Waals surface area contributed by atoms with Crippen molar-refractivity contribution in [2.75, 3.05) is 12.8 Å². The smallest absolute Gasteiger partial charge is 0.277 e. The number of anilines is 1. The zero-order chi connectivity index (χ0) is 13.8. The highest BCUT2D eigenvalue weighted by atomic mass is 16.6. The van der Waals surface area contributed by atoms with Crippen molar-refractivity contribution in [3.05, 3.63) is 35.5 Å². The number of rotatable bonds is 4. The molecule has 1 amide bonds. The van der Waals surface area contributed by atoms with Crippen LogP contribution in [0.1, 0.15) is 29.0 Å². The van der Waals surface area contributed by atoms with E-state index in [4.69, 9.17) is 10.5 Å². The molecule has 1 aromatic heterocycles. The molecular formula is C12H14N4O3. The summed E-state index contributed by atoms with van der Waals surface area (Å²) in [5, 5.41) is 9.56. The van der Waals surface area contributed by atoms with Crippen LogP contribution in [0.25, 0.3) is 0 Å². The Kier molecular flexibility index (Phi) is 3.65. The Labute approximate surface area is 109 Å². The molecule has 0 bridgehead atoms. The quantitative estimate of drug-likeness (QED) is 0.856. The predicted molar refractivity (Wildman–Crippen MR) is 67.6 cm³/mol. The van der Waals surface area contributed by atoms with Crippen molar-refractivity contribution in [1.29, 1.82) is 0 Å². The number of benzene rings is 1. The fourth-order valence-corrected chi connectivity index (χ4v) is 1.72. The second kappa shape index (κ2) is 5.38. The number of nitrogen functional groups attached to an aromatic ring is 1. The summed E-state index contributed by atoms with van der Waals surface area (Å²) in [5.74, 6) is 0.212. The van der Waals surface area contributed by atoms with Crippen molar-refractivity contribution in [3.63, 3.8) is 0 Å². The zero-order valence-electron chi connectivity index (χ0n) is 10.6. The van der Waals surface area contributed by atoms with Crippen molar-refractivity contribution in [1.82, 2.24) is 15.6 Å². The molecule has 0 spiro atoms. The molecule has 1 atom stereocenters. The van der Waals surface area contributed by atoms with Crippen LogP contribution in [-0.4, -0.2) is 23.3 Å². The lowest BCUT2D eigenvalue weighted by molar-refractivity contribution is 0.0930. The van der Waals surface area contributed by atoms with Gasteiger partial charge in [0, 0.05) is 5.56 Å². The van der Waals surface area contributed by atoms with Gasteiger partial charge < -0.3 is 15.8 Å². The summed E-state index contributed by atoms with van der Waals surface area (Å²) < 4.78 is 9.63. The van der Waals surface area contributed by atoms with Gasteiger partial charge in [-0.15, -0.1) is 0 Å². The van der Waals surface area contributed by atoms with Gasteiger partial charge in [-0.05, 0) is 23.3 Å². The van der Waals surface area contributed by atoms with Gasteiger partial charge in [0.2, 0.25) is 11.5 Å². The maximum atomic E-state index is 11.9. The van der Waals surface area contributed by atoms with E-state index < -0.39 is 5.91 Å². The normalized spacial score (nSPS) is 11.9. The van der Waals surface area contributed by atoms with Gasteiger partial charge in [-0.2, -0.15) is 0 Å². The Morgan fingerprint density at radius 1 is 1.42 bits per heavy atom. The number of carbonyl (C=O) groups is 1. The van der Waals surface area contributed by atoms with E-state index in [2.05, 4.69) is 20.3 Å². The Morgan fingerprint density at radius 3 is 2.79 bits per heavy atom. The monoisotopic (exact) mass is 262 g/mol. The molecule has 0 radical (unpaired) electrons. The summed E-state index contributed by atoms with van der Waals surface area (Å²) in [4.78, 5) is 11.9. The van der Waals surface area contributed by atoms with E-state index in [-0.39, 0.29) is 17.6 Å². The molecule has 100 valence electrons. The lowest BCUT2D eigenvalue weighted by Crippen LogP contribution is -2.27. The molecule has 2 rings (SSSR count). The first-order chi connectivity index (χ1) is 9.13. The molecule has 0 saturated heterocycles. The molecule has 0 saturated carbocycles. The minimum Gasteiger partial charge on any atom is -0.496 e. The second-order valence-corrected chi connectivity index (χ2v) is 3.94. The largest absolute Gasteiger partial charge is 0.496 e. The molecule has 19 heavy (non-hydrogen) atoms. The van der Waals surface area contributed by atoms with Crippen molar-refractivity contribution < 1.29 is 14.2 Å². The van der Waals surface area contributed by atoms with E-state index in [1.807, 2.05) is 31.2 Å². The molecule has 7 nitrogen and oxygen atoms in total. The number of methoxy groups -OCH3 is 1. The topological polar surface area (TPSA) is 103 Å². The minimum atomic E-state index is -0.447. The summed E-state index contributed by atoms with van der Waals surface area (Å²) in [6, 6.07) is 7.15. The molecule has 0 aliphatic rings. The first kappa shape index (κ1) is 12.9. The first-order valence-corrected chi connectivity index (χ1v) is 5.65. The first-order valence-electron chi connectivity index (χ1n) is 5.65. The van der Waals surface area contributed by atoms with Crippen molar-refractivity contribution >= 4 is 11.7 Å². The highest BCUT2D eigenvalue weighted by Crippen LogP contribution is 2.24. The lowest BCUT2D eigenvalue weighted by Gasteiger charge is -2.16. The maximum Gasteiger partial charge on any atom is 0.277 e. The molecular weight excluding hydrogens is 248 g/mol. The van der Waals surface area contributed by atoms with Gasteiger partial charge in [0.05, 0.1) is 13.2 Å². The molecule has 0 unspecified atom stereocenters. The minimum absolute atomic E-state index is 0.0262. The predicted octanol–water partition coefficient (Wildman–Crippen LogP) is 1.15. The Bertz CT molecular complexity index is 582. The fourth-order valence-electron chi connectivity index (χ4n) is 1.72. The molecule has 0 fully saturated rings. The second-order valence-electron chi connectivity index (χ2n) is 3.94. The number of nitrogens with one attached hydrogen (secondary N) is 1. The molecule has 0 aliphatic heterocycles.